The molecule has 1 saturated heterocycles. The highest BCUT2D eigenvalue weighted by atomic mass is 16.7. The van der Waals surface area contributed by atoms with Gasteiger partial charge in [-0.15, -0.1) is 0 Å². The lowest BCUT2D eigenvalue weighted by Gasteiger charge is -2.21. The Balaban J connectivity index is 1.51. The summed E-state index contributed by atoms with van der Waals surface area (Å²) in [4.78, 5) is 14.2. The molecule has 2 heterocycles. The number of hydrogen-bond acceptors (Lipinski definition) is 5. The van der Waals surface area contributed by atoms with Gasteiger partial charge in [-0.3, -0.25) is 9.69 Å². The third kappa shape index (κ3) is 4.14. The largest absolute Gasteiger partial charge is 0.454 e. The summed E-state index contributed by atoms with van der Waals surface area (Å²) in [6, 6.07) is 5.87. The van der Waals surface area contributed by atoms with Crippen molar-refractivity contribution in [1.29, 1.82) is 0 Å². The normalized spacial score (nSPS) is 19.3. The van der Waals surface area contributed by atoms with Crippen molar-refractivity contribution in [1.82, 2.24) is 10.2 Å². The van der Waals surface area contributed by atoms with Crippen molar-refractivity contribution < 1.29 is 19.0 Å². The van der Waals surface area contributed by atoms with Crippen molar-refractivity contribution in [2.75, 3.05) is 33.0 Å². The predicted octanol–water partition coefficient (Wildman–Crippen LogP) is 1.53. The highest BCUT2D eigenvalue weighted by molar-refractivity contribution is 5.78. The minimum Gasteiger partial charge on any atom is -0.454 e. The molecule has 3 rings (SSSR count). The zero-order valence-electron chi connectivity index (χ0n) is 13.5. The maximum absolute atomic E-state index is 12.1. The van der Waals surface area contributed by atoms with Crippen LogP contribution in [0.1, 0.15) is 25.3 Å². The zero-order valence-corrected chi connectivity index (χ0v) is 13.5. The van der Waals surface area contributed by atoms with E-state index < -0.39 is 0 Å². The van der Waals surface area contributed by atoms with E-state index in [9.17, 15) is 4.79 Å². The molecule has 1 aromatic carbocycles. The minimum atomic E-state index is 0.0343. The molecule has 6 heteroatoms. The Hall–Kier alpha value is -1.79. The Kier molecular flexibility index (Phi) is 5.35. The second-order valence-electron chi connectivity index (χ2n) is 5.89. The zero-order chi connectivity index (χ0) is 16.1. The molecule has 1 N–H and O–H groups in total. The quantitative estimate of drug-likeness (QED) is 0.826. The molecule has 1 aromatic rings. The van der Waals surface area contributed by atoms with Gasteiger partial charge in [0.15, 0.2) is 11.5 Å². The first-order valence-corrected chi connectivity index (χ1v) is 8.24. The Morgan fingerprint density at radius 3 is 3.09 bits per heavy atom. The SMILES string of the molecule is CCN(CC(=O)NC[C@H]1CCCO1)Cc1cccc2c1OCO2. The number of nitrogens with one attached hydrogen (secondary N) is 1. The molecule has 2 aliphatic rings. The van der Waals surface area contributed by atoms with Crippen LogP contribution in [0.5, 0.6) is 11.5 Å². The molecule has 23 heavy (non-hydrogen) atoms. The van der Waals surface area contributed by atoms with Crippen LogP contribution in [-0.2, 0) is 16.1 Å². The molecule has 126 valence electrons. The second-order valence-corrected chi connectivity index (χ2v) is 5.89. The third-order valence-corrected chi connectivity index (χ3v) is 4.24. The van der Waals surface area contributed by atoms with E-state index in [0.717, 1.165) is 43.1 Å². The van der Waals surface area contributed by atoms with Crippen LogP contribution in [0, 0.1) is 0 Å². The van der Waals surface area contributed by atoms with Crippen molar-refractivity contribution in [3.8, 4) is 11.5 Å². The third-order valence-electron chi connectivity index (χ3n) is 4.24. The van der Waals surface area contributed by atoms with Crippen molar-refractivity contribution in [2.24, 2.45) is 0 Å². The molecule has 0 aliphatic carbocycles. The summed E-state index contributed by atoms with van der Waals surface area (Å²) >= 11 is 0. The van der Waals surface area contributed by atoms with Gasteiger partial charge in [0.25, 0.3) is 0 Å². The molecule has 0 spiro atoms. The number of rotatable bonds is 7. The van der Waals surface area contributed by atoms with E-state index in [1.165, 1.54) is 0 Å². The fourth-order valence-electron chi connectivity index (χ4n) is 2.93. The number of hydrogen-bond donors (Lipinski definition) is 1. The van der Waals surface area contributed by atoms with E-state index >= 15 is 0 Å². The first-order valence-electron chi connectivity index (χ1n) is 8.24. The molecule has 0 bridgehead atoms. The lowest BCUT2D eigenvalue weighted by molar-refractivity contribution is -0.122. The molecule has 0 unspecified atom stereocenters. The summed E-state index contributed by atoms with van der Waals surface area (Å²) in [5, 5.41) is 2.97. The maximum atomic E-state index is 12.1. The van der Waals surface area contributed by atoms with Gasteiger partial charge < -0.3 is 19.5 Å². The molecule has 1 atom stereocenters. The average Bonchev–Trinajstić information content (AvgIpc) is 3.23. The first-order chi connectivity index (χ1) is 11.3. The van der Waals surface area contributed by atoms with Gasteiger partial charge in [-0.2, -0.15) is 0 Å². The molecular formula is C17H24N2O4. The van der Waals surface area contributed by atoms with Gasteiger partial charge in [-0.05, 0) is 25.5 Å². The summed E-state index contributed by atoms with van der Waals surface area (Å²) in [5.74, 6) is 1.61. The Morgan fingerprint density at radius 2 is 2.30 bits per heavy atom. The highest BCUT2D eigenvalue weighted by Gasteiger charge is 2.20. The number of carbonyl (C=O) groups is 1. The van der Waals surface area contributed by atoms with Crippen LogP contribution in [0.2, 0.25) is 0 Å². The number of nitrogens with zero attached hydrogens (tertiary/aromatic N) is 1. The number of fused-ring (bicyclic) bond motifs is 1. The number of likely N-dealkylation sites (N-methyl/N-ethyl adjacent to an activating group) is 1. The number of ether oxygens (including phenoxy) is 3. The van der Waals surface area contributed by atoms with Crippen LogP contribution >= 0.6 is 0 Å². The van der Waals surface area contributed by atoms with E-state index in [1.807, 2.05) is 25.1 Å². The van der Waals surface area contributed by atoms with Gasteiger partial charge in [0.2, 0.25) is 12.7 Å². The standard InChI is InChI=1S/C17H24N2O4/c1-2-19(11-16(20)18-9-14-6-4-8-21-14)10-13-5-3-7-15-17(13)23-12-22-15/h3,5,7,14H,2,4,6,8-12H2,1H3,(H,18,20)/t14-/m1/s1. The van der Waals surface area contributed by atoms with Gasteiger partial charge in [0.1, 0.15) is 0 Å². The molecule has 1 amide bonds. The fraction of sp³-hybridized carbons (Fsp3) is 0.588. The van der Waals surface area contributed by atoms with Gasteiger partial charge >= 0.3 is 0 Å². The summed E-state index contributed by atoms with van der Waals surface area (Å²) in [6.07, 6.45) is 2.30. The molecule has 0 radical (unpaired) electrons. The molecule has 1 fully saturated rings. The first kappa shape index (κ1) is 16.1. The summed E-state index contributed by atoms with van der Waals surface area (Å²) < 4.78 is 16.4. The minimum absolute atomic E-state index is 0.0343. The van der Waals surface area contributed by atoms with Gasteiger partial charge in [-0.25, -0.2) is 0 Å². The molecule has 0 aromatic heterocycles. The second kappa shape index (κ2) is 7.66. The van der Waals surface area contributed by atoms with Crippen LogP contribution in [-0.4, -0.2) is 49.9 Å². The van der Waals surface area contributed by atoms with Crippen LogP contribution in [0.4, 0.5) is 0 Å². The Labute approximate surface area is 136 Å². The number of benzene rings is 1. The monoisotopic (exact) mass is 320 g/mol. The molecule has 6 nitrogen and oxygen atoms in total. The molecule has 2 aliphatic heterocycles. The molecule has 0 saturated carbocycles. The van der Waals surface area contributed by atoms with Crippen molar-refractivity contribution >= 4 is 5.91 Å². The van der Waals surface area contributed by atoms with E-state index in [4.69, 9.17) is 14.2 Å². The van der Waals surface area contributed by atoms with Gasteiger partial charge in [0, 0.05) is 25.3 Å². The highest BCUT2D eigenvalue weighted by Crippen LogP contribution is 2.35. The van der Waals surface area contributed by atoms with E-state index in [1.54, 1.807) is 0 Å². The van der Waals surface area contributed by atoms with Crippen molar-refractivity contribution in [2.45, 2.75) is 32.4 Å². The predicted molar refractivity (Wildman–Crippen MR) is 85.5 cm³/mol. The van der Waals surface area contributed by atoms with Gasteiger partial charge in [-0.1, -0.05) is 19.1 Å². The van der Waals surface area contributed by atoms with Crippen molar-refractivity contribution in [3.63, 3.8) is 0 Å². The summed E-state index contributed by atoms with van der Waals surface area (Å²) in [6.45, 7) is 5.55. The van der Waals surface area contributed by atoms with E-state index in [0.29, 0.717) is 19.6 Å². The maximum Gasteiger partial charge on any atom is 0.234 e. The van der Waals surface area contributed by atoms with Crippen LogP contribution in [0.15, 0.2) is 18.2 Å². The van der Waals surface area contributed by atoms with E-state index in [2.05, 4.69) is 10.2 Å². The lowest BCUT2D eigenvalue weighted by Crippen LogP contribution is -2.39. The van der Waals surface area contributed by atoms with Crippen LogP contribution in [0.25, 0.3) is 0 Å². The number of para-hydroxylation sites is 1. The van der Waals surface area contributed by atoms with Gasteiger partial charge in [0.05, 0.1) is 12.6 Å². The van der Waals surface area contributed by atoms with Crippen LogP contribution in [0.3, 0.4) is 0 Å². The summed E-state index contributed by atoms with van der Waals surface area (Å²) in [5.41, 5.74) is 1.05. The summed E-state index contributed by atoms with van der Waals surface area (Å²) in [7, 11) is 0. The van der Waals surface area contributed by atoms with E-state index in [-0.39, 0.29) is 18.8 Å². The topological polar surface area (TPSA) is 60.0 Å². The fourth-order valence-corrected chi connectivity index (χ4v) is 2.93. The smallest absolute Gasteiger partial charge is 0.234 e. The molecular weight excluding hydrogens is 296 g/mol. The number of amides is 1. The average molecular weight is 320 g/mol. The Morgan fingerprint density at radius 1 is 1.39 bits per heavy atom. The number of carbonyl (C=O) groups excluding carboxylic acids is 1. The lowest BCUT2D eigenvalue weighted by atomic mass is 10.1. The van der Waals surface area contributed by atoms with Crippen molar-refractivity contribution in [3.05, 3.63) is 23.8 Å². The van der Waals surface area contributed by atoms with Crippen LogP contribution < -0.4 is 14.8 Å². The Bertz CT molecular complexity index is 543.